The molecule has 0 amide bonds. The van der Waals surface area contributed by atoms with Gasteiger partial charge in [-0.2, -0.15) is 5.10 Å². The van der Waals surface area contributed by atoms with Crippen LogP contribution in [0.4, 0.5) is 0 Å². The fourth-order valence-corrected chi connectivity index (χ4v) is 3.21. The highest BCUT2D eigenvalue weighted by Crippen LogP contribution is 2.25. The van der Waals surface area contributed by atoms with Crippen LogP contribution in [0.3, 0.4) is 0 Å². The number of allylic oxidation sites excluding steroid dienone is 1. The minimum Gasteiger partial charge on any atom is -0.289 e. The highest BCUT2D eigenvalue weighted by atomic mass is 16.1. The van der Waals surface area contributed by atoms with E-state index in [2.05, 4.69) is 31.2 Å². The predicted octanol–water partition coefficient (Wildman–Crippen LogP) is 6.00. The fraction of sp³-hybridized carbons (Fsp3) is 0.0769. The number of benzene rings is 3. The van der Waals surface area contributed by atoms with Gasteiger partial charge in [-0.1, -0.05) is 79.7 Å². The van der Waals surface area contributed by atoms with Crippen molar-refractivity contribution in [2.24, 2.45) is 0 Å². The van der Waals surface area contributed by atoms with Gasteiger partial charge in [0.25, 0.3) is 0 Å². The maximum Gasteiger partial charge on any atom is 0.185 e. The van der Waals surface area contributed by atoms with Crippen LogP contribution in [0.1, 0.15) is 28.4 Å². The number of carbonyl (C=O) groups is 1. The van der Waals surface area contributed by atoms with E-state index in [1.807, 2.05) is 77.6 Å². The molecule has 0 bridgehead atoms. The van der Waals surface area contributed by atoms with Crippen LogP contribution in [0.2, 0.25) is 0 Å². The second-order valence-electron chi connectivity index (χ2n) is 6.83. The van der Waals surface area contributed by atoms with Gasteiger partial charge in [0.1, 0.15) is 0 Å². The number of hydrogen-bond donors (Lipinski definition) is 0. The Kier molecular flexibility index (Phi) is 5.48. The van der Waals surface area contributed by atoms with Crippen LogP contribution < -0.4 is 0 Å². The quantitative estimate of drug-likeness (QED) is 0.305. The third kappa shape index (κ3) is 4.25. The summed E-state index contributed by atoms with van der Waals surface area (Å²) < 4.78 is 1.86. The number of ketones is 1. The van der Waals surface area contributed by atoms with Crippen LogP contribution in [-0.2, 0) is 6.42 Å². The summed E-state index contributed by atoms with van der Waals surface area (Å²) in [4.78, 5) is 12.5. The molecule has 0 unspecified atom stereocenters. The Hall–Kier alpha value is -3.72. The Labute approximate surface area is 171 Å². The summed E-state index contributed by atoms with van der Waals surface area (Å²) >= 11 is 0. The van der Waals surface area contributed by atoms with Crippen molar-refractivity contribution < 1.29 is 4.79 Å². The zero-order chi connectivity index (χ0) is 20.1. The van der Waals surface area contributed by atoms with Crippen LogP contribution in [0.15, 0.2) is 97.2 Å². The molecule has 3 nitrogen and oxygen atoms in total. The lowest BCUT2D eigenvalue weighted by Gasteiger charge is -2.02. The summed E-state index contributed by atoms with van der Waals surface area (Å²) in [6.07, 6.45) is 6.43. The van der Waals surface area contributed by atoms with Crippen molar-refractivity contribution in [1.82, 2.24) is 9.78 Å². The van der Waals surface area contributed by atoms with Crippen LogP contribution in [-0.4, -0.2) is 15.6 Å². The van der Waals surface area contributed by atoms with E-state index in [1.54, 1.807) is 6.08 Å². The highest BCUT2D eigenvalue weighted by Gasteiger charge is 2.11. The molecule has 0 fully saturated rings. The van der Waals surface area contributed by atoms with E-state index in [-0.39, 0.29) is 5.78 Å². The molecule has 0 aliphatic rings. The molecule has 0 atom stereocenters. The standard InChI is InChI=1S/C26H22N2O/c1-2-20-13-15-22(16-14-20)26-23(17-18-25(29)21-9-5-3-6-10-21)19-28(27-26)24-11-7-4-8-12-24/h3-19H,2H2,1H3/b18-17+. The largest absolute Gasteiger partial charge is 0.289 e. The van der Waals surface area contributed by atoms with E-state index in [1.165, 1.54) is 5.56 Å². The van der Waals surface area contributed by atoms with Crippen LogP contribution in [0, 0.1) is 0 Å². The first-order valence-corrected chi connectivity index (χ1v) is 9.76. The van der Waals surface area contributed by atoms with Crippen molar-refractivity contribution in [3.63, 3.8) is 0 Å². The fourth-order valence-electron chi connectivity index (χ4n) is 3.21. The molecule has 1 heterocycles. The molecule has 0 N–H and O–H groups in total. The van der Waals surface area contributed by atoms with Gasteiger partial charge in [-0.05, 0) is 36.3 Å². The maximum atomic E-state index is 12.5. The number of para-hydroxylation sites is 1. The minimum absolute atomic E-state index is 0.0228. The first-order valence-electron chi connectivity index (χ1n) is 9.76. The third-order valence-corrected chi connectivity index (χ3v) is 4.87. The Balaban J connectivity index is 1.73. The summed E-state index contributed by atoms with van der Waals surface area (Å²) in [6.45, 7) is 2.14. The summed E-state index contributed by atoms with van der Waals surface area (Å²) in [6, 6.07) is 27.7. The van der Waals surface area contributed by atoms with Gasteiger partial charge in [0, 0.05) is 22.9 Å². The molecule has 3 aromatic carbocycles. The third-order valence-electron chi connectivity index (χ3n) is 4.87. The Morgan fingerprint density at radius 2 is 1.55 bits per heavy atom. The van der Waals surface area contributed by atoms with Gasteiger partial charge in [0.05, 0.1) is 11.4 Å². The van der Waals surface area contributed by atoms with Gasteiger partial charge in [-0.25, -0.2) is 4.68 Å². The van der Waals surface area contributed by atoms with Crippen LogP contribution >= 0.6 is 0 Å². The predicted molar refractivity (Wildman–Crippen MR) is 118 cm³/mol. The lowest BCUT2D eigenvalue weighted by molar-refractivity contribution is 0.104. The number of aromatic nitrogens is 2. The Morgan fingerprint density at radius 1 is 0.897 bits per heavy atom. The van der Waals surface area contributed by atoms with Gasteiger partial charge < -0.3 is 0 Å². The molecular formula is C26H22N2O. The minimum atomic E-state index is -0.0228. The van der Waals surface area contributed by atoms with Crippen molar-refractivity contribution >= 4 is 11.9 Å². The average Bonchev–Trinajstić information content (AvgIpc) is 3.23. The summed E-state index contributed by atoms with van der Waals surface area (Å²) in [5.74, 6) is -0.0228. The molecule has 0 aliphatic heterocycles. The lowest BCUT2D eigenvalue weighted by Crippen LogP contribution is -1.94. The molecule has 0 saturated carbocycles. The summed E-state index contributed by atoms with van der Waals surface area (Å²) in [7, 11) is 0. The molecule has 142 valence electrons. The molecule has 3 heteroatoms. The van der Waals surface area contributed by atoms with Crippen molar-refractivity contribution in [2.45, 2.75) is 13.3 Å². The molecule has 4 aromatic rings. The number of nitrogens with zero attached hydrogens (tertiary/aromatic N) is 2. The normalized spacial score (nSPS) is 11.1. The molecular weight excluding hydrogens is 356 g/mol. The molecule has 0 saturated heterocycles. The van der Waals surface area contributed by atoms with E-state index >= 15 is 0 Å². The smallest absolute Gasteiger partial charge is 0.185 e. The summed E-state index contributed by atoms with van der Waals surface area (Å²) in [5.41, 5.74) is 5.73. The van der Waals surface area contributed by atoms with E-state index in [4.69, 9.17) is 5.10 Å². The Morgan fingerprint density at radius 3 is 2.21 bits per heavy atom. The van der Waals surface area contributed by atoms with Gasteiger partial charge >= 0.3 is 0 Å². The van der Waals surface area contributed by atoms with Crippen molar-refractivity contribution in [2.75, 3.05) is 0 Å². The molecule has 0 spiro atoms. The second-order valence-corrected chi connectivity index (χ2v) is 6.83. The molecule has 4 rings (SSSR count). The van der Waals surface area contributed by atoms with E-state index < -0.39 is 0 Å². The van der Waals surface area contributed by atoms with Crippen molar-refractivity contribution in [3.8, 4) is 16.9 Å². The topological polar surface area (TPSA) is 34.9 Å². The zero-order valence-electron chi connectivity index (χ0n) is 16.3. The SMILES string of the molecule is CCc1ccc(-c2nn(-c3ccccc3)cc2/C=C/C(=O)c2ccccc2)cc1. The summed E-state index contributed by atoms with van der Waals surface area (Å²) in [5, 5.41) is 4.81. The highest BCUT2D eigenvalue weighted by molar-refractivity contribution is 6.07. The van der Waals surface area contributed by atoms with Gasteiger partial charge in [0.2, 0.25) is 0 Å². The van der Waals surface area contributed by atoms with Crippen molar-refractivity contribution in [3.05, 3.63) is 114 Å². The first kappa shape index (κ1) is 18.6. The second kappa shape index (κ2) is 8.53. The van der Waals surface area contributed by atoms with Gasteiger partial charge in [-0.3, -0.25) is 4.79 Å². The molecule has 1 aromatic heterocycles. The Bertz CT molecular complexity index is 1120. The average molecular weight is 378 g/mol. The number of hydrogen-bond acceptors (Lipinski definition) is 2. The first-order chi connectivity index (χ1) is 14.2. The number of rotatable bonds is 6. The lowest BCUT2D eigenvalue weighted by atomic mass is 10.0. The maximum absolute atomic E-state index is 12.5. The van der Waals surface area contributed by atoms with E-state index in [0.29, 0.717) is 5.56 Å². The van der Waals surface area contributed by atoms with E-state index in [9.17, 15) is 4.79 Å². The number of carbonyl (C=O) groups excluding carboxylic acids is 1. The van der Waals surface area contributed by atoms with E-state index in [0.717, 1.165) is 28.9 Å². The molecule has 0 radical (unpaired) electrons. The van der Waals surface area contributed by atoms with Crippen molar-refractivity contribution in [1.29, 1.82) is 0 Å². The van der Waals surface area contributed by atoms with Gasteiger partial charge in [-0.15, -0.1) is 0 Å². The number of aryl methyl sites for hydroxylation is 1. The molecule has 29 heavy (non-hydrogen) atoms. The monoisotopic (exact) mass is 378 g/mol. The van der Waals surface area contributed by atoms with Gasteiger partial charge in [0.15, 0.2) is 5.78 Å². The zero-order valence-corrected chi connectivity index (χ0v) is 16.3. The molecule has 0 aliphatic carbocycles. The van der Waals surface area contributed by atoms with Crippen LogP contribution in [0.25, 0.3) is 23.0 Å². The van der Waals surface area contributed by atoms with Crippen LogP contribution in [0.5, 0.6) is 0 Å².